The molecule has 0 bridgehead atoms. The van der Waals surface area contributed by atoms with Crippen LogP contribution in [0.25, 0.3) is 12.2 Å². The number of carbonyl (C=O) groups is 2. The molecule has 3 heterocycles. The predicted molar refractivity (Wildman–Crippen MR) is 148 cm³/mol. The zero-order chi connectivity index (χ0) is 23.7. The number of aromatic nitrogens is 1. The Balaban J connectivity index is 1.39. The highest BCUT2D eigenvalue weighted by Crippen LogP contribution is 2.37. The third-order valence-electron chi connectivity index (χ3n) is 4.97. The molecule has 1 aromatic heterocycles. The van der Waals surface area contributed by atoms with Crippen LogP contribution in [0.3, 0.4) is 0 Å². The summed E-state index contributed by atoms with van der Waals surface area (Å²) in [6.07, 6.45) is 3.43. The number of carbonyl (C=O) groups excluding carboxylic acids is 2. The normalized spacial score (nSPS) is 18.6. The number of benzene rings is 2. The Morgan fingerprint density at radius 1 is 0.618 bits per heavy atom. The van der Waals surface area contributed by atoms with Gasteiger partial charge >= 0.3 is 0 Å². The van der Waals surface area contributed by atoms with Crippen LogP contribution in [-0.4, -0.2) is 25.4 Å². The van der Waals surface area contributed by atoms with E-state index in [-0.39, 0.29) is 11.8 Å². The van der Waals surface area contributed by atoms with E-state index in [9.17, 15) is 9.59 Å². The van der Waals surface area contributed by atoms with Crippen molar-refractivity contribution >= 4 is 91.9 Å². The average molecular weight is 518 g/mol. The summed E-state index contributed by atoms with van der Waals surface area (Å²) in [5.74, 6) is -0.366. The van der Waals surface area contributed by atoms with E-state index >= 15 is 0 Å². The van der Waals surface area contributed by atoms with Gasteiger partial charge in [-0.05, 0) is 48.6 Å². The van der Waals surface area contributed by atoms with E-state index in [0.29, 0.717) is 29.8 Å². The molecule has 0 saturated carbocycles. The molecule has 34 heavy (non-hydrogen) atoms. The van der Waals surface area contributed by atoms with Gasteiger partial charge in [0.25, 0.3) is 11.8 Å². The van der Waals surface area contributed by atoms with Gasteiger partial charge in [-0.1, -0.05) is 90.4 Å². The van der Waals surface area contributed by atoms with Crippen LogP contribution in [0.2, 0.25) is 0 Å². The van der Waals surface area contributed by atoms with E-state index in [1.54, 1.807) is 12.2 Å². The van der Waals surface area contributed by atoms with Crippen LogP contribution in [0.5, 0.6) is 0 Å². The highest BCUT2D eigenvalue weighted by molar-refractivity contribution is 8.27. The molecule has 3 aromatic rings. The van der Waals surface area contributed by atoms with Crippen LogP contribution in [0.4, 0.5) is 11.4 Å². The highest BCUT2D eigenvalue weighted by atomic mass is 32.2. The zero-order valence-corrected chi connectivity index (χ0v) is 20.7. The summed E-state index contributed by atoms with van der Waals surface area (Å²) in [4.78, 5) is 34.6. The Labute approximate surface area is 215 Å². The number of rotatable bonds is 4. The maximum atomic E-state index is 13.0. The van der Waals surface area contributed by atoms with Gasteiger partial charge < -0.3 is 0 Å². The summed E-state index contributed by atoms with van der Waals surface area (Å²) in [6, 6.07) is 24.1. The van der Waals surface area contributed by atoms with Gasteiger partial charge in [0.15, 0.2) is 8.64 Å². The van der Waals surface area contributed by atoms with E-state index < -0.39 is 0 Å². The summed E-state index contributed by atoms with van der Waals surface area (Å²) in [6.45, 7) is 0. The first kappa shape index (κ1) is 22.7. The van der Waals surface area contributed by atoms with E-state index in [0.717, 1.165) is 11.4 Å². The number of hydrogen-bond acceptors (Lipinski definition) is 7. The van der Waals surface area contributed by atoms with Crippen molar-refractivity contribution < 1.29 is 9.59 Å². The maximum Gasteiger partial charge on any atom is 0.270 e. The summed E-state index contributed by atoms with van der Waals surface area (Å²) in [5, 5.41) is 0. The second-order valence-electron chi connectivity index (χ2n) is 7.19. The van der Waals surface area contributed by atoms with E-state index in [2.05, 4.69) is 4.98 Å². The van der Waals surface area contributed by atoms with Crippen LogP contribution in [-0.2, 0) is 9.59 Å². The molecular weight excluding hydrogens is 503 g/mol. The van der Waals surface area contributed by atoms with Gasteiger partial charge in [0.05, 0.1) is 32.6 Å². The molecule has 2 aliphatic rings. The predicted octanol–water partition coefficient (Wildman–Crippen LogP) is 5.89. The van der Waals surface area contributed by atoms with Crippen LogP contribution in [0, 0.1) is 0 Å². The Morgan fingerprint density at radius 3 is 1.44 bits per heavy atom. The standard InChI is InChI=1S/C25H15N3O2S4/c29-22-20(33-24(31)27(22)18-10-3-1-4-11-18)14-16-8-7-9-17(26-16)15-21-23(30)28(25(32)34-21)19-12-5-2-6-13-19/h1-15H. The Hall–Kier alpha value is -3.11. The van der Waals surface area contributed by atoms with Crippen molar-refractivity contribution in [2.45, 2.75) is 0 Å². The molecule has 166 valence electrons. The summed E-state index contributed by atoms with van der Waals surface area (Å²) in [7, 11) is 0. The Kier molecular flexibility index (Phi) is 6.42. The van der Waals surface area contributed by atoms with Gasteiger partial charge in [-0.2, -0.15) is 0 Å². The van der Waals surface area contributed by atoms with Crippen molar-refractivity contribution in [2.24, 2.45) is 0 Å². The largest absolute Gasteiger partial charge is 0.270 e. The van der Waals surface area contributed by atoms with Crippen LogP contribution in [0.1, 0.15) is 11.4 Å². The summed E-state index contributed by atoms with van der Waals surface area (Å²) < 4.78 is 0.950. The summed E-state index contributed by atoms with van der Waals surface area (Å²) >= 11 is 13.3. The molecule has 0 radical (unpaired) electrons. The fourth-order valence-electron chi connectivity index (χ4n) is 3.43. The Morgan fingerprint density at radius 2 is 1.03 bits per heavy atom. The SMILES string of the molecule is O=C1C(=Cc2cccc(C=C3SC(=S)N(c4ccccc4)C3=O)n2)SC(=S)N1c1ccccc1. The first-order valence-electron chi connectivity index (χ1n) is 10.1. The van der Waals surface area contributed by atoms with Crippen molar-refractivity contribution in [1.82, 2.24) is 4.98 Å². The molecule has 0 aliphatic carbocycles. The molecule has 2 saturated heterocycles. The zero-order valence-electron chi connectivity index (χ0n) is 17.5. The quantitative estimate of drug-likeness (QED) is 0.316. The smallest absolute Gasteiger partial charge is 0.268 e. The topological polar surface area (TPSA) is 53.5 Å². The van der Waals surface area contributed by atoms with E-state index in [1.165, 1.54) is 33.3 Å². The Bertz CT molecular complexity index is 1280. The van der Waals surface area contributed by atoms with E-state index in [1.807, 2.05) is 78.9 Å². The van der Waals surface area contributed by atoms with Crippen molar-refractivity contribution in [3.63, 3.8) is 0 Å². The molecule has 2 aromatic carbocycles. The van der Waals surface area contributed by atoms with Gasteiger partial charge in [0.1, 0.15) is 0 Å². The molecule has 0 atom stereocenters. The number of pyridine rings is 1. The number of hydrogen-bond donors (Lipinski definition) is 0. The molecule has 9 heteroatoms. The second kappa shape index (κ2) is 9.63. The lowest BCUT2D eigenvalue weighted by Crippen LogP contribution is -2.27. The fraction of sp³-hybridized carbons (Fsp3) is 0. The molecule has 5 nitrogen and oxygen atoms in total. The molecule has 2 aliphatic heterocycles. The second-order valence-corrected chi connectivity index (χ2v) is 10.5. The van der Waals surface area contributed by atoms with Gasteiger partial charge in [-0.15, -0.1) is 0 Å². The minimum Gasteiger partial charge on any atom is -0.268 e. The number of para-hydroxylation sites is 2. The van der Waals surface area contributed by atoms with Gasteiger partial charge in [0.2, 0.25) is 0 Å². The lowest BCUT2D eigenvalue weighted by atomic mass is 10.2. The van der Waals surface area contributed by atoms with Gasteiger partial charge in [-0.3, -0.25) is 19.4 Å². The van der Waals surface area contributed by atoms with Crippen LogP contribution >= 0.6 is 48.0 Å². The molecule has 0 spiro atoms. The van der Waals surface area contributed by atoms with Crippen molar-refractivity contribution in [3.8, 4) is 0 Å². The third-order valence-corrected chi connectivity index (χ3v) is 7.57. The number of amides is 2. The van der Waals surface area contributed by atoms with Crippen molar-refractivity contribution in [1.29, 1.82) is 0 Å². The molecule has 5 rings (SSSR count). The molecule has 0 unspecified atom stereocenters. The first-order valence-corrected chi connectivity index (χ1v) is 12.6. The van der Waals surface area contributed by atoms with Gasteiger partial charge in [-0.25, -0.2) is 4.98 Å². The minimum atomic E-state index is -0.183. The van der Waals surface area contributed by atoms with Crippen LogP contribution < -0.4 is 9.80 Å². The highest BCUT2D eigenvalue weighted by Gasteiger charge is 2.34. The number of thiocarbonyl (C=S) groups is 2. The molecule has 0 N–H and O–H groups in total. The van der Waals surface area contributed by atoms with Gasteiger partial charge in [0, 0.05) is 0 Å². The van der Waals surface area contributed by atoms with Crippen LogP contribution in [0.15, 0.2) is 88.7 Å². The van der Waals surface area contributed by atoms with Crippen molar-refractivity contribution in [3.05, 3.63) is 100 Å². The van der Waals surface area contributed by atoms with Crippen molar-refractivity contribution in [2.75, 3.05) is 9.80 Å². The first-order chi connectivity index (χ1) is 16.5. The number of nitrogens with zero attached hydrogens (tertiary/aromatic N) is 3. The molecule has 2 fully saturated rings. The average Bonchev–Trinajstić information content (AvgIpc) is 3.28. The maximum absolute atomic E-state index is 13.0. The third kappa shape index (κ3) is 4.47. The minimum absolute atomic E-state index is 0.183. The summed E-state index contributed by atoms with van der Waals surface area (Å²) in [5.41, 5.74) is 2.66. The van der Waals surface area contributed by atoms with E-state index in [4.69, 9.17) is 24.4 Å². The fourth-order valence-corrected chi connectivity index (χ4v) is 6.00. The lowest BCUT2D eigenvalue weighted by Gasteiger charge is -2.13. The monoisotopic (exact) mass is 517 g/mol. The molecule has 2 amide bonds. The number of anilines is 2. The lowest BCUT2D eigenvalue weighted by molar-refractivity contribution is -0.114. The molecular formula is C25H15N3O2S4. The number of thioether (sulfide) groups is 2.